The van der Waals surface area contributed by atoms with Gasteiger partial charge in [-0.2, -0.15) is 0 Å². The van der Waals surface area contributed by atoms with Gasteiger partial charge in [-0.3, -0.25) is 9.59 Å². The number of benzene rings is 1. The maximum atomic E-state index is 13.6. The van der Waals surface area contributed by atoms with Gasteiger partial charge in [0.15, 0.2) is 0 Å². The average Bonchev–Trinajstić information content (AvgIpc) is 3.13. The summed E-state index contributed by atoms with van der Waals surface area (Å²) >= 11 is 3.35. The smallest absolute Gasteiger partial charge is 0.408 e. The first-order valence-corrected chi connectivity index (χ1v) is 10.4. The summed E-state index contributed by atoms with van der Waals surface area (Å²) in [5.41, 5.74) is 0.837. The Morgan fingerprint density at radius 3 is 2.68 bits per heavy atom. The topological polar surface area (TPSA) is 75.7 Å². The lowest BCUT2D eigenvalue weighted by molar-refractivity contribution is -0.135. The number of carbonyl (C=O) groups is 3. The van der Waals surface area contributed by atoms with Crippen molar-refractivity contribution in [2.24, 2.45) is 5.92 Å². The van der Waals surface area contributed by atoms with Gasteiger partial charge in [0.25, 0.3) is 0 Å². The van der Waals surface area contributed by atoms with Crippen LogP contribution in [0.5, 0.6) is 0 Å². The minimum Gasteiger partial charge on any atom is -0.445 e. The molecule has 1 N–H and O–H groups in total. The summed E-state index contributed by atoms with van der Waals surface area (Å²) in [6.45, 7) is 0.466. The molecular weight excluding hydrogens is 431 g/mol. The molecule has 6 nitrogen and oxygen atoms in total. The van der Waals surface area contributed by atoms with Gasteiger partial charge >= 0.3 is 6.09 Å². The minimum atomic E-state index is -1.04. The maximum Gasteiger partial charge on any atom is 0.408 e. The van der Waals surface area contributed by atoms with Crippen molar-refractivity contribution in [3.05, 3.63) is 35.9 Å². The molecule has 1 saturated heterocycles. The Balaban J connectivity index is 1.65. The number of hydrogen-bond acceptors (Lipinski definition) is 4. The Bertz CT molecular complexity index is 717. The quantitative estimate of drug-likeness (QED) is 0.693. The van der Waals surface area contributed by atoms with Gasteiger partial charge in [-0.1, -0.05) is 46.3 Å². The molecule has 4 atom stereocenters. The highest BCUT2D eigenvalue weighted by molar-refractivity contribution is 9.10. The Morgan fingerprint density at radius 2 is 2.04 bits per heavy atom. The highest BCUT2D eigenvalue weighted by Gasteiger charge is 2.40. The minimum absolute atomic E-state index is 0.0411. The van der Waals surface area contributed by atoms with Crippen molar-refractivity contribution in [1.29, 1.82) is 0 Å². The van der Waals surface area contributed by atoms with Gasteiger partial charge in [0, 0.05) is 13.0 Å². The van der Waals surface area contributed by atoms with E-state index in [4.69, 9.17) is 4.74 Å². The van der Waals surface area contributed by atoms with Gasteiger partial charge in [0.1, 0.15) is 24.6 Å². The summed E-state index contributed by atoms with van der Waals surface area (Å²) in [5.74, 6) is -0.424. The number of amides is 2. The summed E-state index contributed by atoms with van der Waals surface area (Å²) in [4.78, 5) is 38.2. The molecule has 2 amide bonds. The summed E-state index contributed by atoms with van der Waals surface area (Å²) in [6.07, 6.45) is -0.129. The Hall–Kier alpha value is -1.96. The number of alkyl halides is 2. The van der Waals surface area contributed by atoms with Crippen molar-refractivity contribution in [2.45, 2.75) is 49.3 Å². The lowest BCUT2D eigenvalue weighted by Gasteiger charge is -2.33. The second-order valence-electron chi connectivity index (χ2n) is 7.32. The molecule has 1 aliphatic carbocycles. The molecule has 28 heavy (non-hydrogen) atoms. The number of nitrogens with zero attached hydrogens (tertiary/aromatic N) is 1. The zero-order valence-electron chi connectivity index (χ0n) is 15.5. The van der Waals surface area contributed by atoms with Crippen LogP contribution < -0.4 is 5.32 Å². The molecule has 1 saturated carbocycles. The van der Waals surface area contributed by atoms with Crippen LogP contribution in [0.3, 0.4) is 0 Å². The second kappa shape index (κ2) is 9.49. The molecular formula is C20H24BrFN2O4. The number of halogens is 2. The van der Waals surface area contributed by atoms with Gasteiger partial charge in [-0.25, -0.2) is 9.18 Å². The zero-order chi connectivity index (χ0) is 20.1. The number of rotatable bonds is 5. The van der Waals surface area contributed by atoms with Crippen molar-refractivity contribution in [3.8, 4) is 0 Å². The molecule has 1 aromatic rings. The predicted molar refractivity (Wildman–Crippen MR) is 105 cm³/mol. The van der Waals surface area contributed by atoms with E-state index in [2.05, 4.69) is 21.2 Å². The van der Waals surface area contributed by atoms with Crippen LogP contribution >= 0.6 is 15.9 Å². The van der Waals surface area contributed by atoms with E-state index >= 15 is 0 Å². The molecule has 0 aromatic heterocycles. The molecule has 0 radical (unpaired) electrons. The summed E-state index contributed by atoms with van der Waals surface area (Å²) in [7, 11) is 0. The molecule has 0 spiro atoms. The number of hydrogen-bond donors (Lipinski definition) is 1. The van der Waals surface area contributed by atoms with Crippen LogP contribution in [0.15, 0.2) is 30.3 Å². The van der Waals surface area contributed by atoms with Gasteiger partial charge in [0.2, 0.25) is 5.91 Å². The molecule has 8 heteroatoms. The predicted octanol–water partition coefficient (Wildman–Crippen LogP) is 2.98. The van der Waals surface area contributed by atoms with Crippen LogP contribution in [-0.4, -0.2) is 52.8 Å². The zero-order valence-corrected chi connectivity index (χ0v) is 17.1. The molecule has 0 bridgehead atoms. The van der Waals surface area contributed by atoms with Gasteiger partial charge < -0.3 is 15.0 Å². The molecule has 3 unspecified atom stereocenters. The van der Waals surface area contributed by atoms with Gasteiger partial charge in [0.05, 0.1) is 11.4 Å². The van der Waals surface area contributed by atoms with E-state index < -0.39 is 18.3 Å². The van der Waals surface area contributed by atoms with Crippen LogP contribution in [0.2, 0.25) is 0 Å². The average molecular weight is 455 g/mol. The van der Waals surface area contributed by atoms with Crippen molar-refractivity contribution >= 4 is 33.7 Å². The lowest BCUT2D eigenvalue weighted by atomic mass is 9.82. The molecule has 152 valence electrons. The molecule has 2 fully saturated rings. The van der Waals surface area contributed by atoms with Crippen molar-refractivity contribution < 1.29 is 23.5 Å². The number of alkyl carbamates (subject to hydrolysis) is 1. The van der Waals surface area contributed by atoms with E-state index in [0.717, 1.165) is 5.56 Å². The Morgan fingerprint density at radius 1 is 1.29 bits per heavy atom. The van der Waals surface area contributed by atoms with E-state index in [1.165, 1.54) is 4.90 Å². The third kappa shape index (κ3) is 5.31. The fourth-order valence-corrected chi connectivity index (χ4v) is 4.40. The molecule has 1 aromatic carbocycles. The van der Waals surface area contributed by atoms with E-state index in [-0.39, 0.29) is 35.6 Å². The number of ether oxygens (including phenoxy) is 1. The number of ketones is 1. The van der Waals surface area contributed by atoms with E-state index in [0.29, 0.717) is 32.2 Å². The molecule has 3 rings (SSSR count). The first-order valence-electron chi connectivity index (χ1n) is 9.51. The van der Waals surface area contributed by atoms with Crippen LogP contribution in [0.1, 0.15) is 31.2 Å². The highest BCUT2D eigenvalue weighted by Crippen LogP contribution is 2.30. The number of nitrogens with one attached hydrogen (secondary N) is 1. The SMILES string of the molecule is O=C(NC(C(=O)N1CC[C@H](F)C1)C1CCC(=O)C(Br)C1)OCc1ccccc1. The summed E-state index contributed by atoms with van der Waals surface area (Å²) in [5, 5.41) is 2.68. The van der Waals surface area contributed by atoms with Gasteiger partial charge in [-0.05, 0) is 30.7 Å². The number of carbonyl (C=O) groups excluding carboxylic acids is 3. The number of likely N-dealkylation sites (tertiary alicyclic amines) is 1. The second-order valence-corrected chi connectivity index (χ2v) is 8.43. The Labute approximate surface area is 171 Å². The molecule has 2 aliphatic rings. The monoisotopic (exact) mass is 454 g/mol. The van der Waals surface area contributed by atoms with E-state index in [1.807, 2.05) is 30.3 Å². The largest absolute Gasteiger partial charge is 0.445 e. The van der Waals surface area contributed by atoms with Crippen molar-refractivity contribution in [3.63, 3.8) is 0 Å². The van der Waals surface area contributed by atoms with Crippen LogP contribution in [0.4, 0.5) is 9.18 Å². The number of Topliss-reactive ketones (excluding diaryl/α,β-unsaturated/α-hetero) is 1. The lowest BCUT2D eigenvalue weighted by Crippen LogP contribution is -2.53. The van der Waals surface area contributed by atoms with Crippen LogP contribution in [0, 0.1) is 5.92 Å². The standard InChI is InChI=1S/C20H24BrFN2O4/c21-16-10-14(6-7-17(16)25)18(19(26)24-9-8-15(22)11-24)23-20(27)28-12-13-4-2-1-3-5-13/h1-5,14-16,18H,6-12H2,(H,23,27)/t14?,15-,16?,18?/m0/s1. The van der Waals surface area contributed by atoms with Crippen LogP contribution in [-0.2, 0) is 20.9 Å². The van der Waals surface area contributed by atoms with Crippen molar-refractivity contribution in [2.75, 3.05) is 13.1 Å². The first kappa shape index (κ1) is 20.8. The van der Waals surface area contributed by atoms with Crippen LogP contribution in [0.25, 0.3) is 0 Å². The first-order chi connectivity index (χ1) is 13.4. The molecule has 1 aliphatic heterocycles. The van der Waals surface area contributed by atoms with E-state index in [9.17, 15) is 18.8 Å². The third-order valence-corrected chi connectivity index (χ3v) is 6.17. The maximum absolute atomic E-state index is 13.6. The fraction of sp³-hybridized carbons (Fsp3) is 0.550. The van der Waals surface area contributed by atoms with Gasteiger partial charge in [-0.15, -0.1) is 0 Å². The Kier molecular flexibility index (Phi) is 7.04. The highest BCUT2D eigenvalue weighted by atomic mass is 79.9. The van der Waals surface area contributed by atoms with Crippen molar-refractivity contribution in [1.82, 2.24) is 10.2 Å². The van der Waals surface area contributed by atoms with E-state index in [1.54, 1.807) is 0 Å². The third-order valence-electron chi connectivity index (χ3n) is 5.29. The fourth-order valence-electron chi connectivity index (χ4n) is 3.69. The molecule has 1 heterocycles. The summed E-state index contributed by atoms with van der Waals surface area (Å²) < 4.78 is 18.8. The summed E-state index contributed by atoms with van der Waals surface area (Å²) in [6, 6.07) is 8.40. The normalized spacial score (nSPS) is 26.0.